The van der Waals surface area contributed by atoms with Crippen LogP contribution < -0.4 is 4.57 Å². The number of imidazole rings is 1. The van der Waals surface area contributed by atoms with Gasteiger partial charge in [0.1, 0.15) is 12.4 Å². The van der Waals surface area contributed by atoms with Crippen LogP contribution >= 0.6 is 0 Å². The highest BCUT2D eigenvalue weighted by atomic mass is 15.1. The van der Waals surface area contributed by atoms with E-state index in [2.05, 4.69) is 49.2 Å². The van der Waals surface area contributed by atoms with E-state index >= 15 is 0 Å². The molecule has 0 aliphatic carbocycles. The topological polar surface area (TPSA) is 8.81 Å². The van der Waals surface area contributed by atoms with Gasteiger partial charge in [-0.2, -0.15) is 0 Å². The lowest BCUT2D eigenvalue weighted by Gasteiger charge is -2.08. The highest BCUT2D eigenvalue weighted by molar-refractivity contribution is 4.89. The zero-order chi connectivity index (χ0) is 25.4. The number of hydrogen-bond donors (Lipinski definition) is 0. The molecule has 1 aromatic rings. The van der Waals surface area contributed by atoms with Crippen LogP contribution in [0.15, 0.2) is 12.4 Å². The zero-order valence-corrected chi connectivity index (χ0v) is 24.8. The first kappa shape index (κ1) is 32.2. The molecule has 0 unspecified atom stereocenters. The monoisotopic (exact) mass is 490 g/mol. The Labute approximate surface area is 221 Å². The van der Waals surface area contributed by atoms with Crippen LogP contribution in [0.4, 0.5) is 0 Å². The number of aromatic nitrogens is 2. The van der Waals surface area contributed by atoms with E-state index in [1.165, 1.54) is 167 Å². The maximum absolute atomic E-state index is 2.55. The average Bonchev–Trinajstić information content (AvgIpc) is 3.26. The zero-order valence-electron chi connectivity index (χ0n) is 24.8. The van der Waals surface area contributed by atoms with E-state index in [9.17, 15) is 0 Å². The summed E-state index contributed by atoms with van der Waals surface area (Å²) in [5.74, 6) is 2.14. The minimum Gasteiger partial charge on any atom is -0.234 e. The maximum atomic E-state index is 2.55. The van der Waals surface area contributed by atoms with E-state index in [0.29, 0.717) is 5.92 Å². The van der Waals surface area contributed by atoms with Crippen LogP contribution in [-0.4, -0.2) is 4.57 Å². The Morgan fingerprint density at radius 1 is 0.543 bits per heavy atom. The van der Waals surface area contributed by atoms with Gasteiger partial charge in [0.15, 0.2) is 0 Å². The summed E-state index contributed by atoms with van der Waals surface area (Å²) in [6, 6.07) is 0. The van der Waals surface area contributed by atoms with Gasteiger partial charge in [0, 0.05) is 0 Å². The van der Waals surface area contributed by atoms with Gasteiger partial charge in [-0.3, -0.25) is 0 Å². The van der Waals surface area contributed by atoms with Crippen molar-refractivity contribution in [3.05, 3.63) is 18.2 Å². The van der Waals surface area contributed by atoms with Crippen molar-refractivity contribution >= 4 is 0 Å². The minimum atomic E-state index is 0.607. The summed E-state index contributed by atoms with van der Waals surface area (Å²) in [6.07, 6.45) is 37.5. The molecule has 0 aliphatic rings. The normalized spacial score (nSPS) is 11.7. The van der Waals surface area contributed by atoms with E-state index in [1.54, 1.807) is 0 Å². The van der Waals surface area contributed by atoms with E-state index in [1.807, 2.05) is 0 Å². The summed E-state index contributed by atoms with van der Waals surface area (Å²) in [6.45, 7) is 11.7. The minimum absolute atomic E-state index is 0.607. The Balaban J connectivity index is 2.00. The van der Waals surface area contributed by atoms with Gasteiger partial charge in [-0.1, -0.05) is 150 Å². The highest BCUT2D eigenvalue weighted by Crippen LogP contribution is 2.16. The molecule has 0 saturated heterocycles. The third-order valence-corrected chi connectivity index (χ3v) is 7.79. The maximum Gasteiger partial charge on any atom is 0.258 e. The number of unbranched alkanes of at least 4 members (excludes halogenated alkanes) is 21. The number of rotatable bonds is 26. The summed E-state index contributed by atoms with van der Waals surface area (Å²) < 4.78 is 5.09. The van der Waals surface area contributed by atoms with Crippen molar-refractivity contribution in [1.29, 1.82) is 0 Å². The second-order valence-electron chi connectivity index (χ2n) is 11.6. The molecule has 0 fully saturated rings. The lowest BCUT2D eigenvalue weighted by atomic mass is 10.0. The molecule has 0 radical (unpaired) electrons. The largest absolute Gasteiger partial charge is 0.258 e. The van der Waals surface area contributed by atoms with E-state index in [4.69, 9.17) is 0 Å². The first-order valence-corrected chi connectivity index (χ1v) is 16.3. The fourth-order valence-electron chi connectivity index (χ4n) is 5.59. The molecule has 35 heavy (non-hydrogen) atoms. The molecule has 0 amide bonds. The second-order valence-corrected chi connectivity index (χ2v) is 11.6. The molecule has 0 saturated carbocycles. The molecule has 0 atom stereocenters. The third kappa shape index (κ3) is 17.3. The predicted octanol–water partition coefficient (Wildman–Crippen LogP) is 10.9. The first-order valence-electron chi connectivity index (χ1n) is 16.3. The van der Waals surface area contributed by atoms with Gasteiger partial charge in [-0.15, -0.1) is 0 Å². The molecule has 0 aromatic carbocycles. The van der Waals surface area contributed by atoms with Crippen molar-refractivity contribution in [1.82, 2.24) is 4.57 Å². The van der Waals surface area contributed by atoms with Crippen molar-refractivity contribution in [2.24, 2.45) is 0 Å². The van der Waals surface area contributed by atoms with Crippen LogP contribution in [0.3, 0.4) is 0 Å². The van der Waals surface area contributed by atoms with E-state index < -0.39 is 0 Å². The fraction of sp³-hybridized carbons (Fsp3) is 0.909. The molecule has 206 valence electrons. The quantitative estimate of drug-likeness (QED) is 0.0903. The second kappa shape index (κ2) is 23.6. The Kier molecular flexibility index (Phi) is 21.7. The molecule has 1 rings (SSSR count). The lowest BCUT2D eigenvalue weighted by molar-refractivity contribution is -0.705. The molecule has 2 heteroatoms. The van der Waals surface area contributed by atoms with E-state index in [-0.39, 0.29) is 0 Å². The molecule has 0 aliphatic heterocycles. The smallest absolute Gasteiger partial charge is 0.234 e. The van der Waals surface area contributed by atoms with Crippen LogP contribution in [0.1, 0.15) is 187 Å². The summed E-state index contributed by atoms with van der Waals surface area (Å²) in [5, 5.41) is 0. The molecule has 1 aromatic heterocycles. The Morgan fingerprint density at radius 2 is 0.914 bits per heavy atom. The number of aryl methyl sites for hydroxylation is 2. The molecular weight excluding hydrogens is 424 g/mol. The van der Waals surface area contributed by atoms with Gasteiger partial charge >= 0.3 is 0 Å². The van der Waals surface area contributed by atoms with Gasteiger partial charge in [-0.25, -0.2) is 9.13 Å². The van der Waals surface area contributed by atoms with Crippen molar-refractivity contribution in [2.75, 3.05) is 0 Å². The third-order valence-electron chi connectivity index (χ3n) is 7.79. The molecule has 0 bridgehead atoms. The van der Waals surface area contributed by atoms with Gasteiger partial charge in [0.2, 0.25) is 0 Å². The molecular formula is C33H65N2+. The molecule has 2 nitrogen and oxygen atoms in total. The summed E-state index contributed by atoms with van der Waals surface area (Å²) >= 11 is 0. The van der Waals surface area contributed by atoms with Crippen molar-refractivity contribution < 1.29 is 4.57 Å². The Hall–Kier alpha value is -0.790. The Bertz CT molecular complexity index is 559. The van der Waals surface area contributed by atoms with Crippen LogP contribution in [0.2, 0.25) is 0 Å². The Morgan fingerprint density at radius 3 is 1.31 bits per heavy atom. The predicted molar refractivity (Wildman–Crippen MR) is 156 cm³/mol. The number of hydrogen-bond acceptors (Lipinski definition) is 0. The average molecular weight is 490 g/mol. The standard InChI is InChI=1S/C33H65N2/c1-5-7-9-11-13-14-15-16-17-18-19-20-21-22-23-25-27-29-35-31-30-34(33(35)32(3)4)28-26-24-12-10-8-6-2/h30-32H,5-29H2,1-4H3/q+1. The van der Waals surface area contributed by atoms with Crippen LogP contribution in [-0.2, 0) is 13.1 Å². The molecule has 0 spiro atoms. The SMILES string of the molecule is CCCCCCCCCCCCCCCCCCC[n+]1ccn(CCCCCCCC)c1C(C)C. The van der Waals surface area contributed by atoms with Crippen molar-refractivity contribution in [3.8, 4) is 0 Å². The van der Waals surface area contributed by atoms with Crippen molar-refractivity contribution in [3.63, 3.8) is 0 Å². The number of nitrogens with zero attached hydrogens (tertiary/aromatic N) is 2. The van der Waals surface area contributed by atoms with E-state index in [0.717, 1.165) is 0 Å². The summed E-state index contributed by atoms with van der Waals surface area (Å²) in [5.41, 5.74) is 0. The summed E-state index contributed by atoms with van der Waals surface area (Å²) in [4.78, 5) is 0. The van der Waals surface area contributed by atoms with Gasteiger partial charge in [-0.05, 0) is 25.7 Å². The highest BCUT2D eigenvalue weighted by Gasteiger charge is 2.19. The van der Waals surface area contributed by atoms with Gasteiger partial charge in [0.25, 0.3) is 5.82 Å². The molecule has 0 N–H and O–H groups in total. The van der Waals surface area contributed by atoms with Crippen LogP contribution in [0.5, 0.6) is 0 Å². The molecule has 1 heterocycles. The summed E-state index contributed by atoms with van der Waals surface area (Å²) in [7, 11) is 0. The van der Waals surface area contributed by atoms with Crippen molar-refractivity contribution in [2.45, 2.75) is 194 Å². The van der Waals surface area contributed by atoms with Crippen LogP contribution in [0, 0.1) is 0 Å². The fourth-order valence-corrected chi connectivity index (χ4v) is 5.59. The first-order chi connectivity index (χ1) is 17.2. The lowest BCUT2D eigenvalue weighted by Crippen LogP contribution is -2.38. The van der Waals surface area contributed by atoms with Crippen LogP contribution in [0.25, 0.3) is 0 Å². The van der Waals surface area contributed by atoms with Gasteiger partial charge in [0.05, 0.1) is 19.0 Å². The van der Waals surface area contributed by atoms with Gasteiger partial charge < -0.3 is 0 Å².